The first-order valence-electron chi connectivity index (χ1n) is 4.08. The Kier molecular flexibility index (Phi) is 7.51. The summed E-state index contributed by atoms with van der Waals surface area (Å²) >= 11 is 9.27. The standard InChI is InChI=1S/C9H16BrCl/c1-3-4-5-9(7-11)6-8(2)10/h5,8H,3-4,6-7H2,1-2H3. The van der Waals surface area contributed by atoms with E-state index in [-0.39, 0.29) is 0 Å². The molecule has 0 heterocycles. The van der Waals surface area contributed by atoms with Crippen molar-refractivity contribution < 1.29 is 0 Å². The zero-order valence-electron chi connectivity index (χ0n) is 7.24. The Labute approximate surface area is 83.1 Å². The number of unbranched alkanes of at least 4 members (excludes halogenated alkanes) is 1. The van der Waals surface area contributed by atoms with E-state index in [4.69, 9.17) is 11.6 Å². The molecule has 0 aromatic heterocycles. The third-order valence-electron chi connectivity index (χ3n) is 1.44. The number of hydrogen-bond donors (Lipinski definition) is 0. The zero-order chi connectivity index (χ0) is 8.69. The highest BCUT2D eigenvalue weighted by atomic mass is 79.9. The summed E-state index contributed by atoms with van der Waals surface area (Å²) in [5.74, 6) is 0.677. The van der Waals surface area contributed by atoms with Crippen molar-refractivity contribution in [1.82, 2.24) is 0 Å². The number of halogens is 2. The topological polar surface area (TPSA) is 0 Å². The van der Waals surface area contributed by atoms with E-state index < -0.39 is 0 Å². The van der Waals surface area contributed by atoms with E-state index in [1.807, 2.05) is 0 Å². The predicted octanol–water partition coefficient (Wildman–Crippen LogP) is 4.13. The second kappa shape index (κ2) is 7.17. The van der Waals surface area contributed by atoms with Gasteiger partial charge in [0.2, 0.25) is 0 Å². The lowest BCUT2D eigenvalue weighted by Gasteiger charge is -2.04. The van der Waals surface area contributed by atoms with Crippen LogP contribution in [0.25, 0.3) is 0 Å². The monoisotopic (exact) mass is 238 g/mol. The van der Waals surface area contributed by atoms with E-state index in [1.54, 1.807) is 0 Å². The summed E-state index contributed by atoms with van der Waals surface area (Å²) in [6.45, 7) is 4.33. The summed E-state index contributed by atoms with van der Waals surface area (Å²) in [5, 5.41) is 0. The number of allylic oxidation sites excluding steroid dienone is 2. The molecule has 2 heteroatoms. The van der Waals surface area contributed by atoms with Gasteiger partial charge in [0.1, 0.15) is 0 Å². The molecule has 0 aromatic rings. The highest BCUT2D eigenvalue weighted by Gasteiger charge is 1.99. The maximum absolute atomic E-state index is 5.76. The third-order valence-corrected chi connectivity index (χ3v) is 2.10. The molecule has 0 aliphatic rings. The van der Waals surface area contributed by atoms with Crippen LogP contribution in [0.5, 0.6) is 0 Å². The summed E-state index contributed by atoms with van der Waals surface area (Å²) in [6, 6.07) is 0. The molecular formula is C9H16BrCl. The number of hydrogen-bond acceptors (Lipinski definition) is 0. The van der Waals surface area contributed by atoms with Gasteiger partial charge in [0, 0.05) is 10.7 Å². The second-order valence-corrected chi connectivity index (χ2v) is 4.60. The largest absolute Gasteiger partial charge is 0.122 e. The molecule has 0 aliphatic heterocycles. The normalized spacial score (nSPS) is 15.1. The van der Waals surface area contributed by atoms with Gasteiger partial charge in [-0.15, -0.1) is 11.6 Å². The van der Waals surface area contributed by atoms with Gasteiger partial charge < -0.3 is 0 Å². The van der Waals surface area contributed by atoms with Gasteiger partial charge in [0.25, 0.3) is 0 Å². The molecule has 0 saturated carbocycles. The van der Waals surface area contributed by atoms with E-state index >= 15 is 0 Å². The SMILES string of the molecule is CCCC=C(CCl)CC(C)Br. The van der Waals surface area contributed by atoms with Crippen molar-refractivity contribution in [3.8, 4) is 0 Å². The first kappa shape index (κ1) is 11.5. The summed E-state index contributed by atoms with van der Waals surface area (Å²) in [7, 11) is 0. The number of rotatable bonds is 5. The van der Waals surface area contributed by atoms with E-state index in [1.165, 1.54) is 12.0 Å². The Morgan fingerprint density at radius 1 is 1.64 bits per heavy atom. The fourth-order valence-electron chi connectivity index (χ4n) is 0.902. The fourth-order valence-corrected chi connectivity index (χ4v) is 1.54. The molecule has 0 spiro atoms. The molecule has 0 saturated heterocycles. The molecule has 0 radical (unpaired) electrons. The Balaban J connectivity index is 3.73. The molecule has 0 N–H and O–H groups in total. The van der Waals surface area contributed by atoms with Gasteiger partial charge in [0.05, 0.1) is 0 Å². The minimum atomic E-state index is 0.546. The molecule has 0 aromatic carbocycles. The molecule has 66 valence electrons. The molecule has 0 amide bonds. The van der Waals surface area contributed by atoms with Gasteiger partial charge in [-0.05, 0) is 12.8 Å². The van der Waals surface area contributed by atoms with E-state index in [9.17, 15) is 0 Å². The summed E-state index contributed by atoms with van der Waals surface area (Å²) in [6.07, 6.45) is 5.69. The van der Waals surface area contributed by atoms with Crippen LogP contribution in [0.3, 0.4) is 0 Å². The summed E-state index contributed by atoms with van der Waals surface area (Å²) < 4.78 is 0. The molecule has 0 fully saturated rings. The van der Waals surface area contributed by atoms with Crippen molar-refractivity contribution in [3.05, 3.63) is 11.6 Å². The first-order valence-corrected chi connectivity index (χ1v) is 5.53. The minimum absolute atomic E-state index is 0.546. The lowest BCUT2D eigenvalue weighted by molar-refractivity contribution is 0.899. The van der Waals surface area contributed by atoms with Crippen LogP contribution in [0.4, 0.5) is 0 Å². The van der Waals surface area contributed by atoms with Crippen molar-refractivity contribution in [1.29, 1.82) is 0 Å². The van der Waals surface area contributed by atoms with Crippen LogP contribution < -0.4 is 0 Å². The highest BCUT2D eigenvalue weighted by molar-refractivity contribution is 9.09. The van der Waals surface area contributed by atoms with Crippen LogP contribution in [0, 0.1) is 0 Å². The molecule has 1 unspecified atom stereocenters. The predicted molar refractivity (Wildman–Crippen MR) is 56.7 cm³/mol. The first-order chi connectivity index (χ1) is 5.20. The average Bonchev–Trinajstić information content (AvgIpc) is 1.97. The quantitative estimate of drug-likeness (QED) is 0.500. The van der Waals surface area contributed by atoms with Crippen LogP contribution in [-0.4, -0.2) is 10.7 Å². The van der Waals surface area contributed by atoms with E-state index in [2.05, 4.69) is 35.9 Å². The summed E-state index contributed by atoms with van der Waals surface area (Å²) in [4.78, 5) is 0.546. The van der Waals surface area contributed by atoms with Crippen molar-refractivity contribution in [2.75, 3.05) is 5.88 Å². The Morgan fingerprint density at radius 3 is 2.64 bits per heavy atom. The number of alkyl halides is 2. The van der Waals surface area contributed by atoms with Gasteiger partial charge in [-0.25, -0.2) is 0 Å². The Morgan fingerprint density at radius 2 is 2.27 bits per heavy atom. The molecule has 11 heavy (non-hydrogen) atoms. The van der Waals surface area contributed by atoms with Crippen molar-refractivity contribution >= 4 is 27.5 Å². The van der Waals surface area contributed by atoms with Crippen LogP contribution in [0.2, 0.25) is 0 Å². The van der Waals surface area contributed by atoms with Gasteiger partial charge >= 0.3 is 0 Å². The average molecular weight is 240 g/mol. The second-order valence-electron chi connectivity index (χ2n) is 2.77. The molecule has 1 atom stereocenters. The molecular weight excluding hydrogens is 223 g/mol. The molecule has 0 nitrogen and oxygen atoms in total. The van der Waals surface area contributed by atoms with E-state index in [0.29, 0.717) is 10.7 Å². The minimum Gasteiger partial charge on any atom is -0.122 e. The zero-order valence-corrected chi connectivity index (χ0v) is 9.58. The Bertz CT molecular complexity index is 119. The van der Waals surface area contributed by atoms with Crippen LogP contribution >= 0.6 is 27.5 Å². The maximum Gasteiger partial charge on any atom is 0.0433 e. The maximum atomic E-state index is 5.76. The van der Waals surface area contributed by atoms with Gasteiger partial charge in [-0.1, -0.05) is 47.8 Å². The molecule has 0 bridgehead atoms. The fraction of sp³-hybridized carbons (Fsp3) is 0.778. The van der Waals surface area contributed by atoms with Gasteiger partial charge in [-0.2, -0.15) is 0 Å². The van der Waals surface area contributed by atoms with Crippen LogP contribution in [0.15, 0.2) is 11.6 Å². The lowest BCUT2D eigenvalue weighted by Crippen LogP contribution is -1.94. The third kappa shape index (κ3) is 6.89. The van der Waals surface area contributed by atoms with E-state index in [0.717, 1.165) is 12.8 Å². The molecule has 0 aliphatic carbocycles. The van der Waals surface area contributed by atoms with Crippen LogP contribution in [-0.2, 0) is 0 Å². The van der Waals surface area contributed by atoms with Crippen LogP contribution in [0.1, 0.15) is 33.1 Å². The highest BCUT2D eigenvalue weighted by Crippen LogP contribution is 2.14. The smallest absolute Gasteiger partial charge is 0.0433 e. The van der Waals surface area contributed by atoms with Gasteiger partial charge in [-0.3, -0.25) is 0 Å². The lowest BCUT2D eigenvalue weighted by atomic mass is 10.1. The van der Waals surface area contributed by atoms with Crippen molar-refractivity contribution in [2.45, 2.75) is 37.9 Å². The molecule has 0 rings (SSSR count). The van der Waals surface area contributed by atoms with Crippen molar-refractivity contribution in [3.63, 3.8) is 0 Å². The van der Waals surface area contributed by atoms with Crippen molar-refractivity contribution in [2.24, 2.45) is 0 Å². The van der Waals surface area contributed by atoms with Gasteiger partial charge in [0.15, 0.2) is 0 Å². The summed E-state index contributed by atoms with van der Waals surface area (Å²) in [5.41, 5.74) is 1.36. The Hall–Kier alpha value is 0.510.